The van der Waals surface area contributed by atoms with Crippen molar-refractivity contribution < 1.29 is 24.2 Å². The highest BCUT2D eigenvalue weighted by Crippen LogP contribution is 2.29. The van der Waals surface area contributed by atoms with Gasteiger partial charge in [0.25, 0.3) is 5.91 Å². The number of aryl methyl sites for hydroxylation is 3. The Hall–Kier alpha value is -4.33. The minimum atomic E-state index is -1.05. The molecule has 3 N–H and O–H groups in total. The lowest BCUT2D eigenvalue weighted by Gasteiger charge is -2.37. The van der Waals surface area contributed by atoms with Gasteiger partial charge in [-0.15, -0.1) is 0 Å². The van der Waals surface area contributed by atoms with Gasteiger partial charge in [0.1, 0.15) is 23.4 Å². The number of hydrogen-bond acceptors (Lipinski definition) is 5. The Kier molecular flexibility index (Phi) is 10.4. The molecule has 0 aliphatic carbocycles. The highest BCUT2D eigenvalue weighted by molar-refractivity contribution is 5.99. The maximum Gasteiger partial charge on any atom is 0.408 e. The molecule has 0 saturated carbocycles. The van der Waals surface area contributed by atoms with Gasteiger partial charge in [-0.2, -0.15) is 0 Å². The van der Waals surface area contributed by atoms with Crippen LogP contribution in [0.1, 0.15) is 68.5 Å². The number of carbonyl (C=O) groups excluding carboxylic acids is 3. The lowest BCUT2D eigenvalue weighted by molar-refractivity contribution is -0.142. The molecule has 3 aromatic carbocycles. The van der Waals surface area contributed by atoms with E-state index < -0.39 is 35.7 Å². The molecule has 2 atom stereocenters. The van der Waals surface area contributed by atoms with Gasteiger partial charge in [-0.3, -0.25) is 9.59 Å². The number of phenols is 1. The summed E-state index contributed by atoms with van der Waals surface area (Å²) < 4.78 is 5.49. The van der Waals surface area contributed by atoms with Crippen molar-refractivity contribution in [3.8, 4) is 5.75 Å². The SMILES string of the molecule is Cc1cc(C)cc(C(C(=O)Nc2ccccc2C)N(C(=O)C(Cc2ccc(O)cc2)NC(=O)OC(C)(C)C)C(C)C)c1. The van der Waals surface area contributed by atoms with Crippen molar-refractivity contribution >= 4 is 23.6 Å². The molecule has 0 radical (unpaired) electrons. The zero-order valence-electron chi connectivity index (χ0n) is 25.8. The lowest BCUT2D eigenvalue weighted by Crippen LogP contribution is -2.55. The van der Waals surface area contributed by atoms with E-state index in [2.05, 4.69) is 10.6 Å². The predicted octanol–water partition coefficient (Wildman–Crippen LogP) is 6.37. The summed E-state index contributed by atoms with van der Waals surface area (Å²) in [5, 5.41) is 15.6. The lowest BCUT2D eigenvalue weighted by atomic mass is 9.96. The second kappa shape index (κ2) is 13.6. The molecule has 8 heteroatoms. The van der Waals surface area contributed by atoms with E-state index in [1.54, 1.807) is 32.9 Å². The summed E-state index contributed by atoms with van der Waals surface area (Å²) in [5.41, 5.74) is 4.08. The summed E-state index contributed by atoms with van der Waals surface area (Å²) in [4.78, 5) is 43.1. The summed E-state index contributed by atoms with van der Waals surface area (Å²) in [5.74, 6) is -0.710. The number of para-hydroxylation sites is 1. The molecule has 0 aliphatic rings. The van der Waals surface area contributed by atoms with Crippen molar-refractivity contribution in [3.63, 3.8) is 0 Å². The minimum absolute atomic E-state index is 0.0910. The van der Waals surface area contributed by atoms with Crippen LogP contribution in [-0.4, -0.2) is 45.6 Å². The highest BCUT2D eigenvalue weighted by Gasteiger charge is 2.38. The molecule has 3 aromatic rings. The van der Waals surface area contributed by atoms with Gasteiger partial charge in [0.15, 0.2) is 0 Å². The van der Waals surface area contributed by atoms with Crippen LogP contribution >= 0.6 is 0 Å². The second-order valence-electron chi connectivity index (χ2n) is 12.0. The third-order valence-electron chi connectivity index (χ3n) is 6.67. The number of carbonyl (C=O) groups is 3. The topological polar surface area (TPSA) is 108 Å². The molecule has 0 spiro atoms. The first-order valence-corrected chi connectivity index (χ1v) is 14.2. The Bertz CT molecular complexity index is 1390. The Labute approximate surface area is 249 Å². The second-order valence-corrected chi connectivity index (χ2v) is 12.0. The van der Waals surface area contributed by atoms with Crippen molar-refractivity contribution in [1.82, 2.24) is 10.2 Å². The molecule has 0 bridgehead atoms. The van der Waals surface area contributed by atoms with Gasteiger partial charge >= 0.3 is 6.09 Å². The summed E-state index contributed by atoms with van der Waals surface area (Å²) in [6.45, 7) is 14.7. The number of anilines is 1. The number of nitrogens with zero attached hydrogens (tertiary/aromatic N) is 1. The zero-order chi connectivity index (χ0) is 31.2. The smallest absolute Gasteiger partial charge is 0.408 e. The van der Waals surface area contributed by atoms with Crippen molar-refractivity contribution in [2.45, 2.75) is 85.5 Å². The van der Waals surface area contributed by atoms with Crippen molar-refractivity contribution in [3.05, 3.63) is 94.5 Å². The Morgan fingerprint density at radius 2 is 1.50 bits per heavy atom. The number of nitrogens with one attached hydrogen (secondary N) is 2. The largest absolute Gasteiger partial charge is 0.508 e. The van der Waals surface area contributed by atoms with Crippen LogP contribution in [0, 0.1) is 20.8 Å². The van der Waals surface area contributed by atoms with E-state index in [9.17, 15) is 19.5 Å². The number of hydrogen-bond donors (Lipinski definition) is 3. The van der Waals surface area contributed by atoms with Gasteiger partial charge in [-0.1, -0.05) is 59.7 Å². The van der Waals surface area contributed by atoms with Gasteiger partial charge < -0.3 is 25.4 Å². The summed E-state index contributed by atoms with van der Waals surface area (Å²) in [7, 11) is 0. The standard InChI is InChI=1S/C34H43N3O5/c1-21(2)37(32(40)29(36-33(41)42-34(6,7)8)20-25-13-15-27(38)16-14-25)30(26-18-22(3)17-23(4)19-26)31(39)35-28-12-10-9-11-24(28)5/h9-19,21,29-30,38H,20H2,1-8H3,(H,35,39)(H,36,41). The molecule has 0 heterocycles. The minimum Gasteiger partial charge on any atom is -0.508 e. The average Bonchev–Trinajstić information content (AvgIpc) is 2.87. The molecule has 3 amide bonds. The highest BCUT2D eigenvalue weighted by atomic mass is 16.6. The summed E-state index contributed by atoms with van der Waals surface area (Å²) >= 11 is 0. The van der Waals surface area contributed by atoms with Crippen LogP contribution < -0.4 is 10.6 Å². The van der Waals surface area contributed by atoms with Crippen molar-refractivity contribution in [2.24, 2.45) is 0 Å². The van der Waals surface area contributed by atoms with Gasteiger partial charge in [0.2, 0.25) is 5.91 Å². The molecule has 0 fully saturated rings. The van der Waals surface area contributed by atoms with Crippen LogP contribution in [0.15, 0.2) is 66.7 Å². The molecule has 0 saturated heterocycles. The quantitative estimate of drug-likeness (QED) is 0.276. The normalized spacial score (nSPS) is 12.8. The average molecular weight is 574 g/mol. The molecule has 8 nitrogen and oxygen atoms in total. The monoisotopic (exact) mass is 573 g/mol. The Morgan fingerprint density at radius 1 is 0.905 bits per heavy atom. The van der Waals surface area contributed by atoms with Gasteiger partial charge in [-0.25, -0.2) is 4.79 Å². The van der Waals surface area contributed by atoms with E-state index >= 15 is 0 Å². The van der Waals surface area contributed by atoms with Crippen LogP contribution in [0.3, 0.4) is 0 Å². The van der Waals surface area contributed by atoms with Crippen molar-refractivity contribution in [1.29, 1.82) is 0 Å². The first kappa shape index (κ1) is 32.2. The Balaban J connectivity index is 2.09. The van der Waals surface area contributed by atoms with Crippen LogP contribution in [0.25, 0.3) is 0 Å². The molecule has 42 heavy (non-hydrogen) atoms. The number of phenolic OH excluding ortho intramolecular Hbond substituents is 1. The summed E-state index contributed by atoms with van der Waals surface area (Å²) in [6.07, 6.45) is -0.615. The molecule has 224 valence electrons. The van der Waals surface area contributed by atoms with E-state index in [1.807, 2.05) is 77.1 Å². The van der Waals surface area contributed by atoms with Crippen LogP contribution in [0.2, 0.25) is 0 Å². The third-order valence-corrected chi connectivity index (χ3v) is 6.67. The van der Waals surface area contributed by atoms with E-state index in [1.165, 1.54) is 17.0 Å². The van der Waals surface area contributed by atoms with E-state index in [4.69, 9.17) is 4.74 Å². The fraction of sp³-hybridized carbons (Fsp3) is 0.382. The predicted molar refractivity (Wildman–Crippen MR) is 165 cm³/mol. The van der Waals surface area contributed by atoms with Crippen LogP contribution in [0.4, 0.5) is 10.5 Å². The maximum atomic E-state index is 14.5. The molecular weight excluding hydrogens is 530 g/mol. The zero-order valence-corrected chi connectivity index (χ0v) is 25.8. The number of alkyl carbamates (subject to hydrolysis) is 1. The number of rotatable bonds is 9. The molecule has 3 rings (SSSR count). The van der Waals surface area contributed by atoms with Gasteiger partial charge in [-0.05, 0) is 90.3 Å². The number of benzene rings is 3. The number of amides is 3. The molecule has 0 aliphatic heterocycles. The maximum absolute atomic E-state index is 14.5. The van der Waals surface area contributed by atoms with Crippen LogP contribution in [0.5, 0.6) is 5.75 Å². The van der Waals surface area contributed by atoms with Gasteiger partial charge in [0, 0.05) is 18.2 Å². The van der Waals surface area contributed by atoms with Crippen LogP contribution in [-0.2, 0) is 20.7 Å². The number of aromatic hydroxyl groups is 1. The van der Waals surface area contributed by atoms with E-state index in [-0.39, 0.29) is 18.1 Å². The first-order chi connectivity index (χ1) is 19.6. The van der Waals surface area contributed by atoms with Crippen molar-refractivity contribution in [2.75, 3.05) is 5.32 Å². The molecule has 0 aromatic heterocycles. The van der Waals surface area contributed by atoms with E-state index in [0.717, 1.165) is 22.3 Å². The molecular formula is C34H43N3O5. The summed E-state index contributed by atoms with van der Waals surface area (Å²) in [6, 6.07) is 17.3. The van der Waals surface area contributed by atoms with E-state index in [0.29, 0.717) is 11.3 Å². The first-order valence-electron chi connectivity index (χ1n) is 14.2. The Morgan fingerprint density at radius 3 is 2.05 bits per heavy atom. The number of ether oxygens (including phenoxy) is 1. The molecule has 2 unspecified atom stereocenters. The van der Waals surface area contributed by atoms with Gasteiger partial charge in [0.05, 0.1) is 0 Å². The fourth-order valence-electron chi connectivity index (χ4n) is 4.90. The third kappa shape index (κ3) is 8.83. The fourth-order valence-corrected chi connectivity index (χ4v) is 4.90.